The molecule has 1 aromatic rings. The molecule has 0 aliphatic carbocycles. The number of ether oxygens (including phenoxy) is 1. The highest BCUT2D eigenvalue weighted by atomic mass is 16.5. The van der Waals surface area contributed by atoms with Gasteiger partial charge in [0.2, 0.25) is 0 Å². The van der Waals surface area contributed by atoms with Gasteiger partial charge < -0.3 is 14.7 Å². The highest BCUT2D eigenvalue weighted by molar-refractivity contribution is 5.96. The molecule has 1 aliphatic heterocycles. The van der Waals surface area contributed by atoms with Crippen LogP contribution in [0.15, 0.2) is 18.2 Å². The number of carboxylic acids is 1. The molecule has 0 spiro atoms. The van der Waals surface area contributed by atoms with Crippen molar-refractivity contribution in [2.24, 2.45) is 0 Å². The quantitative estimate of drug-likeness (QED) is 0.873. The Morgan fingerprint density at radius 2 is 2.28 bits per heavy atom. The van der Waals surface area contributed by atoms with E-state index in [-0.39, 0.29) is 12.5 Å². The second-order valence-electron chi connectivity index (χ2n) is 4.33. The number of amides is 1. The van der Waals surface area contributed by atoms with E-state index in [4.69, 9.17) is 9.84 Å². The maximum absolute atomic E-state index is 12.0. The van der Waals surface area contributed by atoms with Gasteiger partial charge in [-0.3, -0.25) is 4.79 Å². The summed E-state index contributed by atoms with van der Waals surface area (Å²) in [5.41, 5.74) is 1.60. The lowest BCUT2D eigenvalue weighted by molar-refractivity contribution is -0.139. The van der Waals surface area contributed by atoms with Crippen molar-refractivity contribution in [1.29, 1.82) is 0 Å². The molecule has 0 radical (unpaired) electrons. The fourth-order valence-electron chi connectivity index (χ4n) is 2.03. The van der Waals surface area contributed by atoms with Crippen LogP contribution in [0, 0.1) is 0 Å². The van der Waals surface area contributed by atoms with Gasteiger partial charge in [0.1, 0.15) is 5.75 Å². The number of nitrogens with zero attached hydrogens (tertiary/aromatic N) is 1. The predicted molar refractivity (Wildman–Crippen MR) is 64.9 cm³/mol. The summed E-state index contributed by atoms with van der Waals surface area (Å²) in [6, 6.07) is 5.10. The normalized spacial score (nSPS) is 14.9. The Kier molecular flexibility index (Phi) is 3.50. The molecule has 0 saturated carbocycles. The Hall–Kier alpha value is -2.04. The third-order valence-corrected chi connectivity index (χ3v) is 2.96. The summed E-state index contributed by atoms with van der Waals surface area (Å²) in [5, 5.41) is 8.55. The molecule has 1 amide bonds. The first-order chi connectivity index (χ1) is 8.58. The van der Waals surface area contributed by atoms with E-state index < -0.39 is 5.97 Å². The Bertz CT molecular complexity index is 484. The van der Waals surface area contributed by atoms with Crippen LogP contribution >= 0.6 is 0 Å². The van der Waals surface area contributed by atoms with Crippen LogP contribution < -0.4 is 4.74 Å². The van der Waals surface area contributed by atoms with Crippen LogP contribution in [0.1, 0.15) is 22.3 Å². The summed E-state index contributed by atoms with van der Waals surface area (Å²) in [6.07, 6.45) is 1.70. The number of carbonyl (C=O) groups excluding carboxylic acids is 1. The van der Waals surface area contributed by atoms with Crippen LogP contribution in [0.5, 0.6) is 5.75 Å². The summed E-state index contributed by atoms with van der Waals surface area (Å²) in [4.78, 5) is 24.1. The number of fused-ring (bicyclic) bond motifs is 1. The lowest BCUT2D eigenvalue weighted by Gasteiger charge is -2.14. The first-order valence-electron chi connectivity index (χ1n) is 5.81. The zero-order valence-corrected chi connectivity index (χ0v) is 10.2. The van der Waals surface area contributed by atoms with Crippen molar-refractivity contribution in [3.05, 3.63) is 29.3 Å². The monoisotopic (exact) mass is 249 g/mol. The molecule has 0 atom stereocenters. The summed E-state index contributed by atoms with van der Waals surface area (Å²) in [7, 11) is 1.78. The molecule has 0 saturated heterocycles. The average molecular weight is 249 g/mol. The molecule has 96 valence electrons. The van der Waals surface area contributed by atoms with Crippen LogP contribution in [0.3, 0.4) is 0 Å². The van der Waals surface area contributed by atoms with Crippen molar-refractivity contribution in [2.75, 3.05) is 20.2 Å². The number of hydrogen-bond donors (Lipinski definition) is 1. The van der Waals surface area contributed by atoms with Gasteiger partial charge >= 0.3 is 5.97 Å². The van der Waals surface area contributed by atoms with E-state index in [0.29, 0.717) is 11.3 Å². The second kappa shape index (κ2) is 5.08. The molecule has 1 aromatic carbocycles. The summed E-state index contributed by atoms with van der Waals surface area (Å²) in [5.74, 6) is -0.512. The number of rotatable bonds is 3. The molecule has 0 aromatic heterocycles. The zero-order chi connectivity index (χ0) is 13.1. The second-order valence-corrected chi connectivity index (χ2v) is 4.33. The molecular weight excluding hydrogens is 234 g/mol. The topological polar surface area (TPSA) is 66.8 Å². The van der Waals surface area contributed by atoms with Gasteiger partial charge in [-0.25, -0.2) is 4.79 Å². The number of benzene rings is 1. The van der Waals surface area contributed by atoms with Gasteiger partial charge in [-0.05, 0) is 36.6 Å². The SMILES string of the molecule is CN1CCCc2cc(OCC(=O)O)ccc2C1=O. The van der Waals surface area contributed by atoms with E-state index in [0.717, 1.165) is 24.9 Å². The number of aliphatic carboxylic acids is 1. The Morgan fingerprint density at radius 3 is 3.00 bits per heavy atom. The fraction of sp³-hybridized carbons (Fsp3) is 0.385. The zero-order valence-electron chi connectivity index (χ0n) is 10.2. The molecule has 5 heteroatoms. The van der Waals surface area contributed by atoms with E-state index in [1.54, 1.807) is 30.1 Å². The average Bonchev–Trinajstić information content (AvgIpc) is 2.48. The molecule has 2 rings (SSSR count). The molecular formula is C13H15NO4. The maximum Gasteiger partial charge on any atom is 0.341 e. The number of hydrogen-bond acceptors (Lipinski definition) is 3. The van der Waals surface area contributed by atoms with Crippen LogP contribution in [-0.4, -0.2) is 42.1 Å². The van der Waals surface area contributed by atoms with E-state index in [2.05, 4.69) is 0 Å². The number of carbonyl (C=O) groups is 2. The first-order valence-corrected chi connectivity index (χ1v) is 5.81. The molecule has 1 N–H and O–H groups in total. The molecule has 1 aliphatic rings. The van der Waals surface area contributed by atoms with E-state index >= 15 is 0 Å². The van der Waals surface area contributed by atoms with Crippen molar-refractivity contribution < 1.29 is 19.4 Å². The Balaban J connectivity index is 2.23. The van der Waals surface area contributed by atoms with Crippen molar-refractivity contribution in [2.45, 2.75) is 12.8 Å². The van der Waals surface area contributed by atoms with Crippen LogP contribution in [0.2, 0.25) is 0 Å². The van der Waals surface area contributed by atoms with Crippen molar-refractivity contribution in [3.8, 4) is 5.75 Å². The third kappa shape index (κ3) is 2.61. The molecule has 0 fully saturated rings. The summed E-state index contributed by atoms with van der Waals surface area (Å²) < 4.78 is 5.11. The molecule has 1 heterocycles. The van der Waals surface area contributed by atoms with Crippen molar-refractivity contribution >= 4 is 11.9 Å². The minimum absolute atomic E-state index is 0.00674. The highest BCUT2D eigenvalue weighted by Gasteiger charge is 2.19. The fourth-order valence-corrected chi connectivity index (χ4v) is 2.03. The molecule has 18 heavy (non-hydrogen) atoms. The van der Waals surface area contributed by atoms with E-state index in [1.807, 2.05) is 0 Å². The third-order valence-electron chi connectivity index (χ3n) is 2.96. The number of carboxylic acid groups (broad SMARTS) is 1. The highest BCUT2D eigenvalue weighted by Crippen LogP contribution is 2.23. The van der Waals surface area contributed by atoms with Crippen LogP contribution in [-0.2, 0) is 11.2 Å². The number of aryl methyl sites for hydroxylation is 1. The minimum Gasteiger partial charge on any atom is -0.482 e. The summed E-state index contributed by atoms with van der Waals surface area (Å²) in [6.45, 7) is 0.367. The largest absolute Gasteiger partial charge is 0.482 e. The lowest BCUT2D eigenvalue weighted by atomic mass is 10.0. The van der Waals surface area contributed by atoms with Crippen molar-refractivity contribution in [1.82, 2.24) is 4.90 Å². The molecule has 0 bridgehead atoms. The first kappa shape index (κ1) is 12.4. The van der Waals surface area contributed by atoms with E-state index in [1.165, 1.54) is 0 Å². The minimum atomic E-state index is -1.01. The Labute approximate surface area is 105 Å². The molecule has 5 nitrogen and oxygen atoms in total. The summed E-state index contributed by atoms with van der Waals surface area (Å²) >= 11 is 0. The Morgan fingerprint density at radius 1 is 1.50 bits per heavy atom. The van der Waals surface area contributed by atoms with Gasteiger partial charge in [0.05, 0.1) is 0 Å². The van der Waals surface area contributed by atoms with Gasteiger partial charge in [-0.1, -0.05) is 0 Å². The smallest absolute Gasteiger partial charge is 0.341 e. The van der Waals surface area contributed by atoms with Gasteiger partial charge in [0.25, 0.3) is 5.91 Å². The van der Waals surface area contributed by atoms with Gasteiger partial charge in [0.15, 0.2) is 6.61 Å². The van der Waals surface area contributed by atoms with Crippen LogP contribution in [0.4, 0.5) is 0 Å². The van der Waals surface area contributed by atoms with E-state index in [9.17, 15) is 9.59 Å². The maximum atomic E-state index is 12.0. The molecule has 0 unspecified atom stereocenters. The lowest BCUT2D eigenvalue weighted by Crippen LogP contribution is -2.26. The van der Waals surface area contributed by atoms with Gasteiger partial charge in [-0.2, -0.15) is 0 Å². The van der Waals surface area contributed by atoms with Gasteiger partial charge in [0, 0.05) is 19.2 Å². The van der Waals surface area contributed by atoms with Gasteiger partial charge in [-0.15, -0.1) is 0 Å². The van der Waals surface area contributed by atoms with Crippen molar-refractivity contribution in [3.63, 3.8) is 0 Å². The van der Waals surface area contributed by atoms with Crippen LogP contribution in [0.25, 0.3) is 0 Å². The predicted octanol–water partition coefficient (Wildman–Crippen LogP) is 1.17. The standard InChI is InChI=1S/C13H15NO4/c1-14-6-2-3-9-7-10(18-8-12(15)16)4-5-11(9)13(14)17/h4-5,7H,2-3,6,8H2,1H3,(H,15,16).